The molecule has 6 nitrogen and oxygen atoms in total. The number of nitro benzene ring substituents is 1. The standard InChI is InChI=1S/C14H17ClN2O4/c1-16(9-11-4-2-3-7-21-11)14(18)12-6-5-10(17(19)20)8-13(12)15/h5-6,8,11H,2-4,7,9H2,1H3. The van der Waals surface area contributed by atoms with Crippen molar-refractivity contribution >= 4 is 23.2 Å². The summed E-state index contributed by atoms with van der Waals surface area (Å²) in [5.41, 5.74) is 0.135. The summed E-state index contributed by atoms with van der Waals surface area (Å²) in [6, 6.07) is 3.87. The van der Waals surface area contributed by atoms with E-state index in [0.717, 1.165) is 25.9 Å². The lowest BCUT2D eigenvalue weighted by molar-refractivity contribution is -0.384. The third-order valence-corrected chi connectivity index (χ3v) is 3.80. The number of halogens is 1. The van der Waals surface area contributed by atoms with E-state index in [2.05, 4.69) is 0 Å². The molecule has 1 unspecified atom stereocenters. The van der Waals surface area contributed by atoms with Gasteiger partial charge in [0.25, 0.3) is 11.6 Å². The van der Waals surface area contributed by atoms with Crippen LogP contribution < -0.4 is 0 Å². The second-order valence-corrected chi connectivity index (χ2v) is 5.50. The monoisotopic (exact) mass is 312 g/mol. The molecule has 1 fully saturated rings. The molecule has 0 N–H and O–H groups in total. The van der Waals surface area contributed by atoms with Crippen LogP contribution in [0.2, 0.25) is 5.02 Å². The van der Waals surface area contributed by atoms with Gasteiger partial charge >= 0.3 is 0 Å². The van der Waals surface area contributed by atoms with Crippen LogP contribution in [-0.4, -0.2) is 42.0 Å². The van der Waals surface area contributed by atoms with Crippen molar-refractivity contribution in [3.63, 3.8) is 0 Å². The third kappa shape index (κ3) is 3.92. The summed E-state index contributed by atoms with van der Waals surface area (Å²) in [5, 5.41) is 10.8. The highest BCUT2D eigenvalue weighted by molar-refractivity contribution is 6.34. The fourth-order valence-corrected chi connectivity index (χ4v) is 2.59. The first-order chi connectivity index (χ1) is 9.99. The number of carbonyl (C=O) groups is 1. The largest absolute Gasteiger partial charge is 0.376 e. The van der Waals surface area contributed by atoms with Crippen molar-refractivity contribution in [2.45, 2.75) is 25.4 Å². The highest BCUT2D eigenvalue weighted by Crippen LogP contribution is 2.24. The molecule has 1 saturated heterocycles. The smallest absolute Gasteiger partial charge is 0.270 e. The number of benzene rings is 1. The lowest BCUT2D eigenvalue weighted by Crippen LogP contribution is -2.37. The van der Waals surface area contributed by atoms with Gasteiger partial charge in [0.2, 0.25) is 0 Å². The average Bonchev–Trinajstić information content (AvgIpc) is 2.47. The van der Waals surface area contributed by atoms with Gasteiger partial charge in [-0.05, 0) is 25.3 Å². The van der Waals surface area contributed by atoms with Gasteiger partial charge in [0.05, 0.1) is 21.6 Å². The second-order valence-electron chi connectivity index (χ2n) is 5.10. The number of hydrogen-bond donors (Lipinski definition) is 0. The minimum absolute atomic E-state index is 0.0459. The van der Waals surface area contributed by atoms with Crippen LogP contribution >= 0.6 is 11.6 Å². The van der Waals surface area contributed by atoms with Crippen LogP contribution in [0.5, 0.6) is 0 Å². The Labute approximate surface area is 127 Å². The van der Waals surface area contributed by atoms with Gasteiger partial charge in [-0.15, -0.1) is 0 Å². The molecule has 1 aliphatic heterocycles. The topological polar surface area (TPSA) is 72.7 Å². The summed E-state index contributed by atoms with van der Waals surface area (Å²) in [5.74, 6) is -0.260. The Kier molecular flexibility index (Phi) is 5.14. The fourth-order valence-electron chi connectivity index (χ4n) is 2.34. The summed E-state index contributed by atoms with van der Waals surface area (Å²) in [6.07, 6.45) is 3.14. The Bertz CT molecular complexity index is 544. The number of non-ortho nitro benzene ring substituents is 1. The average molecular weight is 313 g/mol. The summed E-state index contributed by atoms with van der Waals surface area (Å²) in [7, 11) is 1.68. The van der Waals surface area contributed by atoms with Crippen LogP contribution in [0.4, 0.5) is 5.69 Å². The van der Waals surface area contributed by atoms with Crippen molar-refractivity contribution in [3.8, 4) is 0 Å². The molecular formula is C14H17ClN2O4. The molecule has 21 heavy (non-hydrogen) atoms. The molecule has 2 rings (SSSR count). The number of nitrogens with zero attached hydrogens (tertiary/aromatic N) is 2. The highest BCUT2D eigenvalue weighted by atomic mass is 35.5. The zero-order valence-electron chi connectivity index (χ0n) is 11.8. The van der Waals surface area contributed by atoms with Gasteiger partial charge in [-0.1, -0.05) is 11.6 Å². The molecule has 1 atom stereocenters. The number of ether oxygens (including phenoxy) is 1. The van der Waals surface area contributed by atoms with Crippen molar-refractivity contribution in [1.29, 1.82) is 0 Å². The van der Waals surface area contributed by atoms with Crippen LogP contribution in [0.3, 0.4) is 0 Å². The highest BCUT2D eigenvalue weighted by Gasteiger charge is 2.22. The second kappa shape index (κ2) is 6.87. The van der Waals surface area contributed by atoms with E-state index in [1.54, 1.807) is 11.9 Å². The summed E-state index contributed by atoms with van der Waals surface area (Å²) in [4.78, 5) is 24.0. The predicted octanol–water partition coefficient (Wildman–Crippen LogP) is 2.89. The SMILES string of the molecule is CN(CC1CCCCO1)C(=O)c1ccc([N+](=O)[O-])cc1Cl. The summed E-state index contributed by atoms with van der Waals surface area (Å²) < 4.78 is 5.60. The predicted molar refractivity (Wildman–Crippen MR) is 78.7 cm³/mol. The molecule has 1 aromatic carbocycles. The molecule has 7 heteroatoms. The molecule has 1 amide bonds. The van der Waals surface area contributed by atoms with Crippen LogP contribution in [0.15, 0.2) is 18.2 Å². The quantitative estimate of drug-likeness (QED) is 0.633. The van der Waals surface area contributed by atoms with E-state index in [1.807, 2.05) is 0 Å². The number of amides is 1. The van der Waals surface area contributed by atoms with E-state index in [9.17, 15) is 14.9 Å². The van der Waals surface area contributed by atoms with E-state index in [1.165, 1.54) is 18.2 Å². The molecular weight excluding hydrogens is 296 g/mol. The maximum atomic E-state index is 12.3. The molecule has 0 bridgehead atoms. The zero-order valence-corrected chi connectivity index (χ0v) is 12.5. The Morgan fingerprint density at radius 2 is 2.29 bits per heavy atom. The maximum absolute atomic E-state index is 12.3. The Balaban J connectivity index is 2.06. The van der Waals surface area contributed by atoms with Gasteiger partial charge in [-0.25, -0.2) is 0 Å². The number of nitro groups is 1. The maximum Gasteiger partial charge on any atom is 0.270 e. The lowest BCUT2D eigenvalue weighted by atomic mass is 10.1. The first-order valence-electron chi connectivity index (χ1n) is 6.80. The molecule has 1 aromatic rings. The van der Waals surface area contributed by atoms with Crippen molar-refractivity contribution in [1.82, 2.24) is 4.90 Å². The fraction of sp³-hybridized carbons (Fsp3) is 0.500. The number of rotatable bonds is 4. The normalized spacial score (nSPS) is 18.3. The van der Waals surface area contributed by atoms with Crippen LogP contribution in [0, 0.1) is 10.1 Å². The van der Waals surface area contributed by atoms with Crippen LogP contribution in [0.1, 0.15) is 29.6 Å². The molecule has 1 heterocycles. The lowest BCUT2D eigenvalue weighted by Gasteiger charge is -2.27. The van der Waals surface area contributed by atoms with Gasteiger partial charge in [0, 0.05) is 32.3 Å². The molecule has 114 valence electrons. The molecule has 0 aliphatic carbocycles. The van der Waals surface area contributed by atoms with E-state index < -0.39 is 4.92 Å². The van der Waals surface area contributed by atoms with Gasteiger partial charge in [-0.2, -0.15) is 0 Å². The van der Waals surface area contributed by atoms with Gasteiger partial charge in [0.15, 0.2) is 0 Å². The summed E-state index contributed by atoms with van der Waals surface area (Å²) in [6.45, 7) is 1.22. The minimum Gasteiger partial charge on any atom is -0.376 e. The first kappa shape index (κ1) is 15.7. The molecule has 0 spiro atoms. The number of carbonyl (C=O) groups excluding carboxylic acids is 1. The summed E-state index contributed by atoms with van der Waals surface area (Å²) >= 11 is 5.97. The minimum atomic E-state index is -0.542. The third-order valence-electron chi connectivity index (χ3n) is 3.49. The number of hydrogen-bond acceptors (Lipinski definition) is 4. The molecule has 0 radical (unpaired) electrons. The Morgan fingerprint density at radius 3 is 2.86 bits per heavy atom. The Hall–Kier alpha value is -1.66. The number of likely N-dealkylation sites (N-methyl/N-ethyl adjacent to an activating group) is 1. The van der Waals surface area contributed by atoms with E-state index in [4.69, 9.17) is 16.3 Å². The van der Waals surface area contributed by atoms with E-state index in [0.29, 0.717) is 6.54 Å². The molecule has 0 aromatic heterocycles. The molecule has 1 aliphatic rings. The van der Waals surface area contributed by atoms with Crippen molar-refractivity contribution in [2.75, 3.05) is 20.2 Å². The van der Waals surface area contributed by atoms with Gasteiger partial charge in [-0.3, -0.25) is 14.9 Å². The van der Waals surface area contributed by atoms with Crippen molar-refractivity contribution in [2.24, 2.45) is 0 Å². The Morgan fingerprint density at radius 1 is 1.52 bits per heavy atom. The van der Waals surface area contributed by atoms with Gasteiger partial charge in [0.1, 0.15) is 0 Å². The van der Waals surface area contributed by atoms with E-state index >= 15 is 0 Å². The first-order valence-corrected chi connectivity index (χ1v) is 7.18. The van der Waals surface area contributed by atoms with Crippen molar-refractivity contribution < 1.29 is 14.5 Å². The van der Waals surface area contributed by atoms with Crippen molar-refractivity contribution in [3.05, 3.63) is 38.9 Å². The van der Waals surface area contributed by atoms with E-state index in [-0.39, 0.29) is 28.3 Å². The van der Waals surface area contributed by atoms with Gasteiger partial charge < -0.3 is 9.64 Å². The zero-order chi connectivity index (χ0) is 15.4. The van der Waals surface area contributed by atoms with Crippen LogP contribution in [0.25, 0.3) is 0 Å². The molecule has 0 saturated carbocycles. The van der Waals surface area contributed by atoms with Crippen LogP contribution in [-0.2, 0) is 4.74 Å².